The molecule has 3 aromatic rings. The Morgan fingerprint density at radius 3 is 2.71 bits per heavy atom. The van der Waals surface area contributed by atoms with Crippen molar-refractivity contribution in [3.63, 3.8) is 0 Å². The monoisotopic (exact) mass is 489 g/mol. The smallest absolute Gasteiger partial charge is 0.259 e. The van der Waals surface area contributed by atoms with E-state index in [9.17, 15) is 14.0 Å². The zero-order chi connectivity index (χ0) is 24.4. The van der Waals surface area contributed by atoms with Crippen LogP contribution in [-0.2, 0) is 6.54 Å². The molecule has 0 spiro atoms. The zero-order valence-electron chi connectivity index (χ0n) is 19.7. The number of hydrogen-bond donors (Lipinski definition) is 1. The van der Waals surface area contributed by atoms with Gasteiger partial charge in [-0.2, -0.15) is 0 Å². The summed E-state index contributed by atoms with van der Waals surface area (Å²) in [7, 11) is 0. The van der Waals surface area contributed by atoms with Crippen LogP contribution in [0.5, 0.6) is 0 Å². The Hall–Kier alpha value is -3.16. The van der Waals surface area contributed by atoms with Crippen molar-refractivity contribution in [3.8, 4) is 0 Å². The molecular weight excluding hydrogens is 461 g/mol. The summed E-state index contributed by atoms with van der Waals surface area (Å²) in [5.74, 6) is -0.740. The fourth-order valence-electron chi connectivity index (χ4n) is 4.87. The van der Waals surface area contributed by atoms with Crippen LogP contribution in [0.1, 0.15) is 46.0 Å². The lowest BCUT2D eigenvalue weighted by molar-refractivity contribution is 0.0938. The molecule has 0 aromatic heterocycles. The maximum atomic E-state index is 14.6. The van der Waals surface area contributed by atoms with E-state index in [0.29, 0.717) is 35.0 Å². The van der Waals surface area contributed by atoms with Crippen LogP contribution in [0.3, 0.4) is 0 Å². The molecule has 1 saturated heterocycles. The lowest BCUT2D eigenvalue weighted by atomic mass is 10.1. The van der Waals surface area contributed by atoms with Crippen LogP contribution in [0.4, 0.5) is 10.1 Å². The lowest BCUT2D eigenvalue weighted by Gasteiger charge is -2.25. The second-order valence-corrected chi connectivity index (χ2v) is 9.98. The number of fused-ring (bicyclic) bond motifs is 2. The van der Waals surface area contributed by atoms with Crippen LogP contribution >= 0.6 is 11.8 Å². The topological polar surface area (TPSA) is 52.7 Å². The average Bonchev–Trinajstić information content (AvgIpc) is 3.30. The molecule has 3 aromatic carbocycles. The van der Waals surface area contributed by atoms with Gasteiger partial charge in [-0.3, -0.25) is 14.5 Å². The summed E-state index contributed by atoms with van der Waals surface area (Å²) in [6.07, 6.45) is 2.23. The van der Waals surface area contributed by atoms with Crippen LogP contribution < -0.4 is 10.2 Å². The SMILES string of the molecule is CCN1CCCC1CNC(=O)c1ccc2c(c1)N(Cc1ccccc1F)C(=O)c1ccccc1S2. The first-order valence-corrected chi connectivity index (χ1v) is 12.8. The van der Waals surface area contributed by atoms with Crippen molar-refractivity contribution >= 4 is 29.3 Å². The highest BCUT2D eigenvalue weighted by molar-refractivity contribution is 7.99. The molecule has 7 heteroatoms. The Morgan fingerprint density at radius 2 is 1.89 bits per heavy atom. The van der Waals surface area contributed by atoms with E-state index in [1.165, 1.54) is 17.8 Å². The highest BCUT2D eigenvalue weighted by Crippen LogP contribution is 2.42. The third-order valence-corrected chi connectivity index (χ3v) is 7.93. The highest BCUT2D eigenvalue weighted by atomic mass is 32.2. The minimum Gasteiger partial charge on any atom is -0.350 e. The molecule has 2 amide bonds. The molecular formula is C28H28FN3O2S. The van der Waals surface area contributed by atoms with Gasteiger partial charge in [-0.1, -0.05) is 49.0 Å². The number of nitrogens with zero attached hydrogens (tertiary/aromatic N) is 2. The Bertz CT molecular complexity index is 1260. The van der Waals surface area contributed by atoms with Gasteiger partial charge in [-0.25, -0.2) is 4.39 Å². The van der Waals surface area contributed by atoms with E-state index >= 15 is 0 Å². The first-order chi connectivity index (χ1) is 17.0. The standard InChI is InChI=1S/C28H28FN3O2S/c1-2-31-15-7-9-21(31)17-30-27(33)19-13-14-26-24(16-19)32(18-20-8-3-5-11-23(20)29)28(34)22-10-4-6-12-25(22)35-26/h3-6,8,10-14,16,21H,2,7,9,15,17-18H2,1H3,(H,30,33). The van der Waals surface area contributed by atoms with Crippen molar-refractivity contribution in [2.75, 3.05) is 24.5 Å². The molecule has 0 bridgehead atoms. The van der Waals surface area contributed by atoms with Gasteiger partial charge in [0.2, 0.25) is 0 Å². The number of rotatable bonds is 6. The average molecular weight is 490 g/mol. The maximum Gasteiger partial charge on any atom is 0.259 e. The number of anilines is 1. The molecule has 1 atom stereocenters. The fourth-order valence-corrected chi connectivity index (χ4v) is 5.93. The minimum absolute atomic E-state index is 0.0754. The van der Waals surface area contributed by atoms with Gasteiger partial charge < -0.3 is 10.2 Å². The maximum absolute atomic E-state index is 14.6. The minimum atomic E-state index is -0.363. The predicted molar refractivity (Wildman–Crippen MR) is 137 cm³/mol. The fraction of sp³-hybridized carbons (Fsp3) is 0.286. The van der Waals surface area contributed by atoms with Gasteiger partial charge in [0.05, 0.1) is 17.8 Å². The van der Waals surface area contributed by atoms with Crippen LogP contribution in [-0.4, -0.2) is 42.4 Å². The summed E-state index contributed by atoms with van der Waals surface area (Å²) < 4.78 is 14.6. The summed E-state index contributed by atoms with van der Waals surface area (Å²) in [6.45, 7) is 4.86. The number of likely N-dealkylation sites (tertiary alicyclic amines) is 1. The molecule has 2 heterocycles. The van der Waals surface area contributed by atoms with Gasteiger partial charge >= 0.3 is 0 Å². The predicted octanol–water partition coefficient (Wildman–Crippen LogP) is 5.35. The van der Waals surface area contributed by atoms with Crippen molar-refractivity contribution < 1.29 is 14.0 Å². The second-order valence-electron chi connectivity index (χ2n) is 8.90. The lowest BCUT2D eigenvalue weighted by Crippen LogP contribution is -2.40. The third kappa shape index (κ3) is 4.83. The molecule has 35 heavy (non-hydrogen) atoms. The molecule has 2 aliphatic heterocycles. The van der Waals surface area contributed by atoms with E-state index in [2.05, 4.69) is 17.1 Å². The summed E-state index contributed by atoms with van der Waals surface area (Å²) in [5.41, 5.74) is 2.09. The number of benzene rings is 3. The van der Waals surface area contributed by atoms with E-state index in [1.807, 2.05) is 24.3 Å². The van der Waals surface area contributed by atoms with Crippen molar-refractivity contribution in [1.82, 2.24) is 10.2 Å². The van der Waals surface area contributed by atoms with E-state index < -0.39 is 0 Å². The number of carbonyl (C=O) groups is 2. The van der Waals surface area contributed by atoms with E-state index in [0.717, 1.165) is 35.7 Å². The van der Waals surface area contributed by atoms with Gasteiger partial charge in [0, 0.05) is 33.5 Å². The third-order valence-electron chi connectivity index (χ3n) is 6.78. The molecule has 5 nitrogen and oxygen atoms in total. The first kappa shape index (κ1) is 23.6. The van der Waals surface area contributed by atoms with Crippen molar-refractivity contribution in [2.24, 2.45) is 0 Å². The molecule has 1 N–H and O–H groups in total. The largest absolute Gasteiger partial charge is 0.350 e. The number of halogens is 1. The molecule has 0 saturated carbocycles. The van der Waals surface area contributed by atoms with Gasteiger partial charge in [-0.05, 0) is 62.3 Å². The number of amides is 2. The number of nitrogens with one attached hydrogen (secondary N) is 1. The molecule has 180 valence electrons. The van der Waals surface area contributed by atoms with E-state index in [-0.39, 0.29) is 24.2 Å². The summed E-state index contributed by atoms with van der Waals surface area (Å²) in [5, 5.41) is 3.08. The molecule has 0 aliphatic carbocycles. The Morgan fingerprint density at radius 1 is 1.09 bits per heavy atom. The van der Waals surface area contributed by atoms with Gasteiger partial charge in [0.1, 0.15) is 5.82 Å². The number of hydrogen-bond acceptors (Lipinski definition) is 4. The molecule has 0 radical (unpaired) electrons. The molecule has 1 fully saturated rings. The Labute approximate surface area is 209 Å². The van der Waals surface area contributed by atoms with Crippen LogP contribution in [0.2, 0.25) is 0 Å². The van der Waals surface area contributed by atoms with Crippen molar-refractivity contribution in [1.29, 1.82) is 0 Å². The molecule has 2 aliphatic rings. The second kappa shape index (κ2) is 10.2. The van der Waals surface area contributed by atoms with Crippen LogP contribution in [0.15, 0.2) is 76.5 Å². The van der Waals surface area contributed by atoms with Crippen LogP contribution in [0.25, 0.3) is 0 Å². The van der Waals surface area contributed by atoms with Gasteiger partial charge in [0.15, 0.2) is 0 Å². The van der Waals surface area contributed by atoms with Crippen molar-refractivity contribution in [3.05, 3.63) is 89.2 Å². The Kier molecular flexibility index (Phi) is 6.88. The summed E-state index contributed by atoms with van der Waals surface area (Å²) >= 11 is 1.49. The molecule has 5 rings (SSSR count). The van der Waals surface area contributed by atoms with Gasteiger partial charge in [-0.15, -0.1) is 0 Å². The highest BCUT2D eigenvalue weighted by Gasteiger charge is 2.29. The first-order valence-electron chi connectivity index (χ1n) is 12.0. The number of likely N-dealkylation sites (N-methyl/N-ethyl adjacent to an activating group) is 1. The summed E-state index contributed by atoms with van der Waals surface area (Å²) in [4.78, 5) is 32.4. The van der Waals surface area contributed by atoms with E-state index in [4.69, 9.17) is 0 Å². The van der Waals surface area contributed by atoms with Crippen LogP contribution in [0, 0.1) is 5.82 Å². The van der Waals surface area contributed by atoms with Gasteiger partial charge in [0.25, 0.3) is 11.8 Å². The zero-order valence-corrected chi connectivity index (χ0v) is 20.5. The van der Waals surface area contributed by atoms with E-state index in [1.54, 1.807) is 41.3 Å². The normalized spacial score (nSPS) is 17.6. The molecule has 1 unspecified atom stereocenters. The van der Waals surface area contributed by atoms with Crippen molar-refractivity contribution in [2.45, 2.75) is 42.1 Å². The quantitative estimate of drug-likeness (QED) is 0.507. The summed E-state index contributed by atoms with van der Waals surface area (Å²) in [6, 6.07) is 19.7. The Balaban J connectivity index is 1.47. The number of carbonyl (C=O) groups excluding carboxylic acids is 2.